The quantitative estimate of drug-likeness (QED) is 0.555. The van der Waals surface area contributed by atoms with E-state index in [4.69, 9.17) is 22.8 Å². The third-order valence-electron chi connectivity index (χ3n) is 3.61. The van der Waals surface area contributed by atoms with E-state index in [1.54, 1.807) is 12.1 Å². The molecule has 0 aliphatic rings. The first-order valence-corrected chi connectivity index (χ1v) is 7.78. The van der Waals surface area contributed by atoms with E-state index < -0.39 is 0 Å². The van der Waals surface area contributed by atoms with Crippen molar-refractivity contribution >= 4 is 11.6 Å². The Morgan fingerprint density at radius 2 is 1.79 bits per heavy atom. The molecular formula is C21H14ClFO. The first kappa shape index (κ1) is 16.1. The van der Waals surface area contributed by atoms with Crippen LogP contribution in [0.2, 0.25) is 5.02 Å². The average molecular weight is 337 g/mol. The van der Waals surface area contributed by atoms with Crippen molar-refractivity contribution in [3.05, 3.63) is 88.7 Å². The largest absolute Gasteiger partial charge is 0.488 e. The molecule has 0 heterocycles. The van der Waals surface area contributed by atoms with Gasteiger partial charge in [-0.15, -0.1) is 6.42 Å². The van der Waals surface area contributed by atoms with Crippen molar-refractivity contribution < 1.29 is 9.13 Å². The molecule has 3 aromatic carbocycles. The van der Waals surface area contributed by atoms with Gasteiger partial charge in [-0.3, -0.25) is 0 Å². The molecule has 0 bridgehead atoms. The fourth-order valence-electron chi connectivity index (χ4n) is 2.39. The van der Waals surface area contributed by atoms with Crippen LogP contribution in [-0.2, 0) is 6.61 Å². The first-order valence-electron chi connectivity index (χ1n) is 7.40. The maximum absolute atomic E-state index is 13.5. The van der Waals surface area contributed by atoms with Gasteiger partial charge < -0.3 is 4.74 Å². The van der Waals surface area contributed by atoms with Crippen LogP contribution in [0, 0.1) is 18.2 Å². The van der Waals surface area contributed by atoms with Crippen LogP contribution < -0.4 is 4.74 Å². The maximum atomic E-state index is 13.5. The van der Waals surface area contributed by atoms with Gasteiger partial charge in [0, 0.05) is 10.6 Å². The standard InChI is InChI=1S/C21H14ClFO/c1-2-16-12-17(19-13-18(23)9-10-20(19)22)8-11-21(16)24-14-15-6-4-3-5-7-15/h1,3-13H,14H2. The third-order valence-corrected chi connectivity index (χ3v) is 3.94. The Morgan fingerprint density at radius 3 is 2.54 bits per heavy atom. The summed E-state index contributed by atoms with van der Waals surface area (Å²) < 4.78 is 19.3. The number of benzene rings is 3. The molecule has 0 spiro atoms. The Bertz CT molecular complexity index is 897. The molecule has 1 nitrogen and oxygen atoms in total. The molecule has 0 unspecified atom stereocenters. The minimum atomic E-state index is -0.346. The van der Waals surface area contributed by atoms with Crippen LogP contribution in [0.25, 0.3) is 11.1 Å². The van der Waals surface area contributed by atoms with E-state index in [1.165, 1.54) is 18.2 Å². The summed E-state index contributed by atoms with van der Waals surface area (Å²) in [5, 5.41) is 0.470. The summed E-state index contributed by atoms with van der Waals surface area (Å²) in [6.07, 6.45) is 5.60. The van der Waals surface area contributed by atoms with Crippen molar-refractivity contribution in [3.63, 3.8) is 0 Å². The summed E-state index contributed by atoms with van der Waals surface area (Å²) in [7, 11) is 0. The fraction of sp³-hybridized carbons (Fsp3) is 0.0476. The lowest BCUT2D eigenvalue weighted by molar-refractivity contribution is 0.305. The number of rotatable bonds is 4. The smallest absolute Gasteiger partial charge is 0.135 e. The zero-order valence-corrected chi connectivity index (χ0v) is 13.6. The lowest BCUT2D eigenvalue weighted by atomic mass is 10.0. The molecule has 0 saturated heterocycles. The van der Waals surface area contributed by atoms with E-state index in [0.29, 0.717) is 28.5 Å². The molecular weight excluding hydrogens is 323 g/mol. The monoisotopic (exact) mass is 336 g/mol. The predicted molar refractivity (Wildman–Crippen MR) is 95.6 cm³/mol. The predicted octanol–water partition coefficient (Wildman–Crippen LogP) is 5.71. The van der Waals surface area contributed by atoms with Crippen LogP contribution in [0.15, 0.2) is 66.7 Å². The van der Waals surface area contributed by atoms with Gasteiger partial charge in [-0.25, -0.2) is 4.39 Å². The topological polar surface area (TPSA) is 9.23 Å². The maximum Gasteiger partial charge on any atom is 0.135 e. The summed E-state index contributed by atoms with van der Waals surface area (Å²) in [6.45, 7) is 0.426. The van der Waals surface area contributed by atoms with Crippen molar-refractivity contribution in [2.24, 2.45) is 0 Å². The fourth-order valence-corrected chi connectivity index (χ4v) is 2.62. The van der Waals surface area contributed by atoms with Gasteiger partial charge in [-0.1, -0.05) is 53.9 Å². The van der Waals surface area contributed by atoms with E-state index in [1.807, 2.05) is 36.4 Å². The first-order chi connectivity index (χ1) is 11.7. The molecule has 3 aromatic rings. The molecule has 3 rings (SSSR count). The minimum Gasteiger partial charge on any atom is -0.488 e. The Kier molecular flexibility index (Phi) is 4.84. The number of ether oxygens (including phenoxy) is 1. The lowest BCUT2D eigenvalue weighted by Gasteiger charge is -2.11. The van der Waals surface area contributed by atoms with E-state index in [-0.39, 0.29) is 5.82 Å². The number of hydrogen-bond acceptors (Lipinski definition) is 1. The Labute approximate surface area is 145 Å². The van der Waals surface area contributed by atoms with Crippen molar-refractivity contribution in [2.45, 2.75) is 6.61 Å². The van der Waals surface area contributed by atoms with Crippen LogP contribution in [0.1, 0.15) is 11.1 Å². The molecule has 0 aromatic heterocycles. The highest BCUT2D eigenvalue weighted by Gasteiger charge is 2.09. The second-order valence-corrected chi connectivity index (χ2v) is 5.66. The summed E-state index contributed by atoms with van der Waals surface area (Å²) in [5.74, 6) is 2.88. The molecule has 118 valence electrons. The van der Waals surface area contributed by atoms with Crippen LogP contribution in [-0.4, -0.2) is 0 Å². The van der Waals surface area contributed by atoms with Crippen molar-refractivity contribution in [1.29, 1.82) is 0 Å². The minimum absolute atomic E-state index is 0.346. The zero-order valence-electron chi connectivity index (χ0n) is 12.8. The molecule has 0 amide bonds. The second-order valence-electron chi connectivity index (χ2n) is 5.25. The van der Waals surface area contributed by atoms with Crippen LogP contribution in [0.5, 0.6) is 5.75 Å². The molecule has 3 heteroatoms. The van der Waals surface area contributed by atoms with Gasteiger partial charge in [0.2, 0.25) is 0 Å². The highest BCUT2D eigenvalue weighted by molar-refractivity contribution is 6.33. The highest BCUT2D eigenvalue weighted by atomic mass is 35.5. The SMILES string of the molecule is C#Cc1cc(-c2cc(F)ccc2Cl)ccc1OCc1ccccc1. The van der Waals surface area contributed by atoms with E-state index >= 15 is 0 Å². The number of hydrogen-bond donors (Lipinski definition) is 0. The van der Waals surface area contributed by atoms with Gasteiger partial charge in [0.1, 0.15) is 18.2 Å². The molecule has 0 atom stereocenters. The highest BCUT2D eigenvalue weighted by Crippen LogP contribution is 2.32. The molecule has 0 aliphatic heterocycles. The van der Waals surface area contributed by atoms with Gasteiger partial charge in [0.05, 0.1) is 5.56 Å². The van der Waals surface area contributed by atoms with E-state index in [9.17, 15) is 4.39 Å². The summed E-state index contributed by atoms with van der Waals surface area (Å²) in [5.41, 5.74) is 3.00. The Morgan fingerprint density at radius 1 is 1.00 bits per heavy atom. The van der Waals surface area contributed by atoms with Crippen LogP contribution in [0.3, 0.4) is 0 Å². The number of halogens is 2. The van der Waals surface area contributed by atoms with Crippen molar-refractivity contribution in [2.75, 3.05) is 0 Å². The molecule has 0 N–H and O–H groups in total. The second kappa shape index (κ2) is 7.21. The van der Waals surface area contributed by atoms with Gasteiger partial charge in [-0.2, -0.15) is 0 Å². The van der Waals surface area contributed by atoms with Crippen molar-refractivity contribution in [1.82, 2.24) is 0 Å². The van der Waals surface area contributed by atoms with Gasteiger partial charge >= 0.3 is 0 Å². The third kappa shape index (κ3) is 3.59. The lowest BCUT2D eigenvalue weighted by Crippen LogP contribution is -1.97. The van der Waals surface area contributed by atoms with Gasteiger partial charge in [0.15, 0.2) is 0 Å². The molecule has 24 heavy (non-hydrogen) atoms. The zero-order chi connectivity index (χ0) is 16.9. The normalized spacial score (nSPS) is 10.2. The van der Waals surface area contributed by atoms with E-state index in [2.05, 4.69) is 5.92 Å². The summed E-state index contributed by atoms with van der Waals surface area (Å²) >= 11 is 6.16. The molecule has 0 aliphatic carbocycles. The molecule has 0 fully saturated rings. The van der Waals surface area contributed by atoms with Crippen LogP contribution in [0.4, 0.5) is 4.39 Å². The van der Waals surface area contributed by atoms with Crippen molar-refractivity contribution in [3.8, 4) is 29.2 Å². The number of terminal acetylenes is 1. The van der Waals surface area contributed by atoms with Gasteiger partial charge in [-0.05, 0) is 41.5 Å². The molecule has 0 saturated carbocycles. The van der Waals surface area contributed by atoms with E-state index in [0.717, 1.165) is 11.1 Å². The van der Waals surface area contributed by atoms with Gasteiger partial charge in [0.25, 0.3) is 0 Å². The summed E-state index contributed by atoms with van der Waals surface area (Å²) in [6, 6.07) is 19.5. The van der Waals surface area contributed by atoms with Crippen LogP contribution >= 0.6 is 11.6 Å². The molecule has 0 radical (unpaired) electrons. The summed E-state index contributed by atoms with van der Waals surface area (Å²) in [4.78, 5) is 0. The Hall–Kier alpha value is -2.76. The Balaban J connectivity index is 1.88. The average Bonchev–Trinajstić information content (AvgIpc) is 2.62.